The number of hydrogen-bond donors (Lipinski definition) is 1. The van der Waals surface area contributed by atoms with E-state index in [0.717, 1.165) is 19.0 Å². The molecule has 3 nitrogen and oxygen atoms in total. The lowest BCUT2D eigenvalue weighted by molar-refractivity contribution is -0.119. The fourth-order valence-corrected chi connectivity index (χ4v) is 1.88. The molecule has 0 saturated carbocycles. The molecule has 1 aliphatic rings. The van der Waals surface area contributed by atoms with Crippen LogP contribution in [0.2, 0.25) is 0 Å². The van der Waals surface area contributed by atoms with Gasteiger partial charge in [-0.25, -0.2) is 0 Å². The number of carbonyl (C=O) groups is 1. The summed E-state index contributed by atoms with van der Waals surface area (Å²) in [7, 11) is 0. The van der Waals surface area contributed by atoms with Crippen LogP contribution in [0.3, 0.4) is 0 Å². The molecule has 1 N–H and O–H groups in total. The van der Waals surface area contributed by atoms with E-state index in [0.29, 0.717) is 0 Å². The fraction of sp³-hybridized carbons (Fsp3) is 0.900. The molecule has 1 atom stereocenters. The van der Waals surface area contributed by atoms with E-state index in [1.807, 2.05) is 0 Å². The zero-order chi connectivity index (χ0) is 9.68. The molecule has 0 bridgehead atoms. The summed E-state index contributed by atoms with van der Waals surface area (Å²) in [5.41, 5.74) is 0. The molecule has 0 spiro atoms. The average molecular weight is 184 g/mol. The van der Waals surface area contributed by atoms with Gasteiger partial charge in [-0.2, -0.15) is 0 Å². The number of rotatable bonds is 3. The minimum Gasteiger partial charge on any atom is -0.355 e. The molecular formula is C10H20N2O. The Balaban J connectivity index is 2.10. The number of nitrogens with zero attached hydrogens (tertiary/aromatic N) is 1. The Morgan fingerprint density at radius 1 is 1.62 bits per heavy atom. The molecule has 3 heteroatoms. The second kappa shape index (κ2) is 5.22. The van der Waals surface area contributed by atoms with E-state index < -0.39 is 0 Å². The quantitative estimate of drug-likeness (QED) is 0.705. The molecule has 76 valence electrons. The van der Waals surface area contributed by atoms with Crippen LogP contribution in [0.1, 0.15) is 26.7 Å². The molecule has 0 aromatic carbocycles. The Morgan fingerprint density at radius 2 is 2.38 bits per heavy atom. The topological polar surface area (TPSA) is 32.3 Å². The van der Waals surface area contributed by atoms with Crippen molar-refractivity contribution >= 4 is 5.91 Å². The first kappa shape index (κ1) is 10.5. The first-order valence-electron chi connectivity index (χ1n) is 5.15. The van der Waals surface area contributed by atoms with Gasteiger partial charge in [-0.1, -0.05) is 6.92 Å². The van der Waals surface area contributed by atoms with Crippen molar-refractivity contribution in [3.8, 4) is 0 Å². The summed E-state index contributed by atoms with van der Waals surface area (Å²) in [4.78, 5) is 13.1. The lowest BCUT2D eigenvalue weighted by atomic mass is 10.0. The van der Waals surface area contributed by atoms with Crippen LogP contribution in [-0.2, 0) is 4.79 Å². The highest BCUT2D eigenvalue weighted by atomic mass is 16.1. The van der Waals surface area contributed by atoms with Crippen molar-refractivity contribution in [3.05, 3.63) is 0 Å². The molecule has 0 radical (unpaired) electrons. The highest BCUT2D eigenvalue weighted by Crippen LogP contribution is 2.14. The summed E-state index contributed by atoms with van der Waals surface area (Å²) in [6.45, 7) is 8.05. The van der Waals surface area contributed by atoms with Crippen molar-refractivity contribution < 1.29 is 4.79 Å². The maximum absolute atomic E-state index is 10.6. The van der Waals surface area contributed by atoms with Crippen LogP contribution in [0.5, 0.6) is 0 Å². The van der Waals surface area contributed by atoms with E-state index in [4.69, 9.17) is 0 Å². The molecule has 13 heavy (non-hydrogen) atoms. The normalized spacial score (nSPS) is 24.3. The fourth-order valence-electron chi connectivity index (χ4n) is 1.88. The van der Waals surface area contributed by atoms with Crippen LogP contribution in [0.25, 0.3) is 0 Å². The molecule has 1 heterocycles. The van der Waals surface area contributed by atoms with Crippen molar-refractivity contribution in [2.24, 2.45) is 5.92 Å². The van der Waals surface area contributed by atoms with Crippen LogP contribution < -0.4 is 5.32 Å². The Bertz CT molecular complexity index is 170. The van der Waals surface area contributed by atoms with Gasteiger partial charge in [0.05, 0.1) is 0 Å². The molecule has 1 saturated heterocycles. The van der Waals surface area contributed by atoms with Gasteiger partial charge >= 0.3 is 0 Å². The molecule has 1 amide bonds. The second-order valence-corrected chi connectivity index (χ2v) is 4.03. The summed E-state index contributed by atoms with van der Waals surface area (Å²) in [6.07, 6.45) is 2.66. The molecule has 0 aromatic rings. The molecule has 1 aliphatic heterocycles. The number of piperidine rings is 1. The summed E-state index contributed by atoms with van der Waals surface area (Å²) in [5, 5.41) is 2.83. The Morgan fingerprint density at radius 3 is 3.00 bits per heavy atom. The smallest absolute Gasteiger partial charge is 0.216 e. The van der Waals surface area contributed by atoms with E-state index >= 15 is 0 Å². The number of carbonyl (C=O) groups excluding carboxylic acids is 1. The third kappa shape index (κ3) is 4.27. The molecule has 0 unspecified atom stereocenters. The van der Waals surface area contributed by atoms with Crippen molar-refractivity contribution in [2.45, 2.75) is 26.7 Å². The minimum absolute atomic E-state index is 0.0741. The molecule has 1 rings (SSSR count). The standard InChI is InChI=1S/C10H20N2O/c1-9-4-3-6-12(8-9)7-5-11-10(2)13/h9H,3-8H2,1-2H3,(H,11,13)/t9-/m1/s1. The van der Waals surface area contributed by atoms with Crippen molar-refractivity contribution in [1.29, 1.82) is 0 Å². The number of likely N-dealkylation sites (tertiary alicyclic amines) is 1. The van der Waals surface area contributed by atoms with E-state index in [9.17, 15) is 4.79 Å². The average Bonchev–Trinajstić information content (AvgIpc) is 2.03. The van der Waals surface area contributed by atoms with Crippen molar-refractivity contribution in [3.63, 3.8) is 0 Å². The number of amides is 1. The Hall–Kier alpha value is -0.570. The van der Waals surface area contributed by atoms with Gasteiger partial charge in [0.25, 0.3) is 0 Å². The zero-order valence-corrected chi connectivity index (χ0v) is 8.68. The van der Waals surface area contributed by atoms with Gasteiger partial charge in [-0.3, -0.25) is 4.79 Å². The van der Waals surface area contributed by atoms with Crippen LogP contribution in [0.4, 0.5) is 0 Å². The Labute approximate surface area is 80.5 Å². The molecule has 0 aliphatic carbocycles. The van der Waals surface area contributed by atoms with Gasteiger partial charge in [0.2, 0.25) is 5.91 Å². The van der Waals surface area contributed by atoms with Crippen LogP contribution in [0.15, 0.2) is 0 Å². The first-order valence-corrected chi connectivity index (χ1v) is 5.15. The van der Waals surface area contributed by atoms with E-state index in [1.54, 1.807) is 6.92 Å². The minimum atomic E-state index is 0.0741. The van der Waals surface area contributed by atoms with Crippen LogP contribution in [-0.4, -0.2) is 37.0 Å². The number of hydrogen-bond acceptors (Lipinski definition) is 2. The van der Waals surface area contributed by atoms with Crippen LogP contribution in [0, 0.1) is 5.92 Å². The highest BCUT2D eigenvalue weighted by Gasteiger charge is 2.15. The number of nitrogens with one attached hydrogen (secondary N) is 1. The summed E-state index contributed by atoms with van der Waals surface area (Å²) in [6, 6.07) is 0. The van der Waals surface area contributed by atoms with E-state index in [1.165, 1.54) is 25.9 Å². The maximum Gasteiger partial charge on any atom is 0.216 e. The maximum atomic E-state index is 10.6. The third-order valence-corrected chi connectivity index (χ3v) is 2.54. The van der Waals surface area contributed by atoms with Gasteiger partial charge in [0.15, 0.2) is 0 Å². The lowest BCUT2D eigenvalue weighted by Gasteiger charge is -2.30. The largest absolute Gasteiger partial charge is 0.355 e. The van der Waals surface area contributed by atoms with Crippen molar-refractivity contribution in [2.75, 3.05) is 26.2 Å². The third-order valence-electron chi connectivity index (χ3n) is 2.54. The summed E-state index contributed by atoms with van der Waals surface area (Å²) in [5.74, 6) is 0.899. The molecule has 1 fully saturated rings. The summed E-state index contributed by atoms with van der Waals surface area (Å²) < 4.78 is 0. The summed E-state index contributed by atoms with van der Waals surface area (Å²) >= 11 is 0. The zero-order valence-electron chi connectivity index (χ0n) is 8.68. The van der Waals surface area contributed by atoms with Gasteiger partial charge in [-0.15, -0.1) is 0 Å². The predicted octanol–water partition coefficient (Wildman–Crippen LogP) is 0.854. The Kier molecular flexibility index (Phi) is 4.22. The van der Waals surface area contributed by atoms with Crippen molar-refractivity contribution in [1.82, 2.24) is 10.2 Å². The van der Waals surface area contributed by atoms with Gasteiger partial charge < -0.3 is 10.2 Å². The molecular weight excluding hydrogens is 164 g/mol. The predicted molar refractivity (Wildman–Crippen MR) is 53.5 cm³/mol. The van der Waals surface area contributed by atoms with Gasteiger partial charge in [-0.05, 0) is 25.3 Å². The molecule has 0 aromatic heterocycles. The monoisotopic (exact) mass is 184 g/mol. The lowest BCUT2D eigenvalue weighted by Crippen LogP contribution is -2.39. The van der Waals surface area contributed by atoms with E-state index in [2.05, 4.69) is 17.1 Å². The first-order chi connectivity index (χ1) is 6.18. The van der Waals surface area contributed by atoms with Gasteiger partial charge in [0.1, 0.15) is 0 Å². The van der Waals surface area contributed by atoms with Gasteiger partial charge in [0, 0.05) is 26.6 Å². The SMILES string of the molecule is CC(=O)NCCN1CCC[C@@H](C)C1. The second-order valence-electron chi connectivity index (χ2n) is 4.03. The van der Waals surface area contributed by atoms with Crippen LogP contribution >= 0.6 is 0 Å². The van der Waals surface area contributed by atoms with E-state index in [-0.39, 0.29) is 5.91 Å². The highest BCUT2D eigenvalue weighted by molar-refractivity contribution is 5.72.